The van der Waals surface area contributed by atoms with Crippen LogP contribution in [0.4, 0.5) is 0 Å². The lowest BCUT2D eigenvalue weighted by Crippen LogP contribution is -2.33. The summed E-state index contributed by atoms with van der Waals surface area (Å²) in [5.41, 5.74) is 0.237. The molecule has 0 bridgehead atoms. The Morgan fingerprint density at radius 3 is 2.68 bits per heavy atom. The van der Waals surface area contributed by atoms with Crippen LogP contribution in [-0.4, -0.2) is 22.7 Å². The molecule has 1 heterocycles. The third kappa shape index (κ3) is 3.53. The number of aromatic nitrogens is 1. The molecule has 0 atom stereocenters. The summed E-state index contributed by atoms with van der Waals surface area (Å²) < 4.78 is 6.60. The average molecular weight is 377 g/mol. The van der Waals surface area contributed by atoms with Crippen molar-refractivity contribution in [2.45, 2.75) is 19.5 Å². The van der Waals surface area contributed by atoms with E-state index in [1.165, 1.54) is 11.7 Å². The Morgan fingerprint density at radius 1 is 1.21 bits per heavy atom. The van der Waals surface area contributed by atoms with Crippen molar-refractivity contribution in [3.63, 3.8) is 0 Å². The first kappa shape index (κ1) is 19.0. The third-order valence-electron chi connectivity index (χ3n) is 4.45. The number of hydrogen-bond acceptors (Lipinski definition) is 5. The molecule has 1 aromatic heterocycles. The van der Waals surface area contributed by atoms with Crippen molar-refractivity contribution >= 4 is 16.8 Å². The van der Waals surface area contributed by atoms with Crippen LogP contribution in [0.25, 0.3) is 10.9 Å². The number of amides is 1. The van der Waals surface area contributed by atoms with Crippen LogP contribution in [0.3, 0.4) is 0 Å². The summed E-state index contributed by atoms with van der Waals surface area (Å²) >= 11 is 0. The number of para-hydroxylation sites is 2. The standard InChI is InChI=1S/C21H19N3O4/c1-28-17-10-5-2-7-14(17)13-23-20(26)18-19(25)15-8-3-4-9-16(15)24(21(18)27)12-6-11-22/h2-5,7-10,25H,6,12-13H2,1H3,(H,23,26). The van der Waals surface area contributed by atoms with Crippen LogP contribution < -0.4 is 15.6 Å². The van der Waals surface area contributed by atoms with Crippen LogP contribution in [0.15, 0.2) is 53.3 Å². The maximum atomic E-state index is 12.9. The van der Waals surface area contributed by atoms with Gasteiger partial charge in [-0.3, -0.25) is 9.59 Å². The number of nitrogens with zero attached hydrogens (tertiary/aromatic N) is 2. The number of nitriles is 1. The summed E-state index contributed by atoms with van der Waals surface area (Å²) in [7, 11) is 1.53. The zero-order valence-corrected chi connectivity index (χ0v) is 15.3. The maximum absolute atomic E-state index is 12.9. The molecule has 28 heavy (non-hydrogen) atoms. The van der Waals surface area contributed by atoms with Gasteiger partial charge < -0.3 is 19.7 Å². The first-order valence-corrected chi connectivity index (χ1v) is 8.70. The van der Waals surface area contributed by atoms with Crippen molar-refractivity contribution in [3.05, 3.63) is 70.0 Å². The fourth-order valence-corrected chi connectivity index (χ4v) is 3.09. The van der Waals surface area contributed by atoms with Gasteiger partial charge in [0.25, 0.3) is 11.5 Å². The predicted octanol–water partition coefficient (Wildman–Crippen LogP) is 2.56. The SMILES string of the molecule is COc1ccccc1CNC(=O)c1c(O)c2ccccc2n(CCC#N)c1=O. The van der Waals surface area contributed by atoms with E-state index in [1.807, 2.05) is 18.2 Å². The minimum absolute atomic E-state index is 0.108. The lowest BCUT2D eigenvalue weighted by Gasteiger charge is -2.14. The quantitative estimate of drug-likeness (QED) is 0.687. The van der Waals surface area contributed by atoms with Crippen molar-refractivity contribution in [1.82, 2.24) is 9.88 Å². The average Bonchev–Trinajstić information content (AvgIpc) is 2.72. The molecule has 1 amide bonds. The summed E-state index contributed by atoms with van der Waals surface area (Å²) in [6, 6.07) is 15.9. The fraction of sp³-hybridized carbons (Fsp3) is 0.190. The van der Waals surface area contributed by atoms with Crippen molar-refractivity contribution in [2.75, 3.05) is 7.11 Å². The van der Waals surface area contributed by atoms with E-state index in [0.717, 1.165) is 5.56 Å². The second-order valence-electron chi connectivity index (χ2n) is 6.10. The molecule has 2 aromatic carbocycles. The fourth-order valence-electron chi connectivity index (χ4n) is 3.09. The Hall–Kier alpha value is -3.79. The number of aromatic hydroxyl groups is 1. The number of hydrogen-bond donors (Lipinski definition) is 2. The maximum Gasteiger partial charge on any atom is 0.267 e. The number of carbonyl (C=O) groups is 1. The van der Waals surface area contributed by atoms with E-state index in [4.69, 9.17) is 10.00 Å². The highest BCUT2D eigenvalue weighted by atomic mass is 16.5. The molecule has 0 aliphatic heterocycles. The monoisotopic (exact) mass is 377 g/mol. The Balaban J connectivity index is 2.01. The van der Waals surface area contributed by atoms with Crippen molar-refractivity contribution in [3.8, 4) is 17.6 Å². The number of nitrogens with one attached hydrogen (secondary N) is 1. The number of benzene rings is 2. The number of rotatable bonds is 6. The highest BCUT2D eigenvalue weighted by Gasteiger charge is 2.22. The van der Waals surface area contributed by atoms with E-state index >= 15 is 0 Å². The van der Waals surface area contributed by atoms with E-state index in [9.17, 15) is 14.7 Å². The Bertz CT molecular complexity index is 1130. The summed E-state index contributed by atoms with van der Waals surface area (Å²) in [4.78, 5) is 25.6. The second-order valence-corrected chi connectivity index (χ2v) is 6.10. The summed E-state index contributed by atoms with van der Waals surface area (Å²) in [5, 5.41) is 22.5. The van der Waals surface area contributed by atoms with Gasteiger partial charge in [-0.25, -0.2) is 0 Å². The van der Waals surface area contributed by atoms with Crippen LogP contribution in [0.1, 0.15) is 22.3 Å². The molecule has 7 heteroatoms. The van der Waals surface area contributed by atoms with E-state index < -0.39 is 11.5 Å². The molecule has 2 N–H and O–H groups in total. The number of fused-ring (bicyclic) bond motifs is 1. The van der Waals surface area contributed by atoms with E-state index in [0.29, 0.717) is 16.7 Å². The van der Waals surface area contributed by atoms with Gasteiger partial charge in [0.05, 0.1) is 25.1 Å². The van der Waals surface area contributed by atoms with Crippen LogP contribution in [0.5, 0.6) is 11.5 Å². The number of pyridine rings is 1. The molecular weight excluding hydrogens is 358 g/mol. The summed E-state index contributed by atoms with van der Waals surface area (Å²) in [6.45, 7) is 0.260. The van der Waals surface area contributed by atoms with Crippen LogP contribution in [0.2, 0.25) is 0 Å². The first-order chi connectivity index (χ1) is 13.6. The molecule has 142 valence electrons. The molecule has 0 unspecified atom stereocenters. The minimum atomic E-state index is -0.690. The Morgan fingerprint density at radius 2 is 1.93 bits per heavy atom. The van der Waals surface area contributed by atoms with Gasteiger partial charge in [0, 0.05) is 24.0 Å². The molecule has 0 aliphatic carbocycles. The van der Waals surface area contributed by atoms with Crippen LogP contribution >= 0.6 is 0 Å². The van der Waals surface area contributed by atoms with Gasteiger partial charge in [-0.2, -0.15) is 5.26 Å². The van der Waals surface area contributed by atoms with Crippen molar-refractivity contribution < 1.29 is 14.6 Å². The Kier molecular flexibility index (Phi) is 5.61. The van der Waals surface area contributed by atoms with Gasteiger partial charge in [-0.05, 0) is 18.2 Å². The minimum Gasteiger partial charge on any atom is -0.506 e. The highest BCUT2D eigenvalue weighted by Crippen LogP contribution is 2.26. The van der Waals surface area contributed by atoms with Gasteiger partial charge in [0.1, 0.15) is 17.1 Å². The molecule has 0 saturated heterocycles. The summed E-state index contributed by atoms with van der Waals surface area (Å²) in [5.74, 6) is -0.451. The van der Waals surface area contributed by atoms with Crippen LogP contribution in [-0.2, 0) is 13.1 Å². The Labute approximate surface area is 161 Å². The summed E-state index contributed by atoms with van der Waals surface area (Å²) in [6.07, 6.45) is 0.108. The molecule has 3 rings (SSSR count). The van der Waals surface area contributed by atoms with Gasteiger partial charge >= 0.3 is 0 Å². The predicted molar refractivity (Wildman–Crippen MR) is 104 cm³/mol. The first-order valence-electron chi connectivity index (χ1n) is 8.70. The highest BCUT2D eigenvalue weighted by molar-refractivity contribution is 6.02. The number of aryl methyl sites for hydroxylation is 1. The van der Waals surface area contributed by atoms with Crippen molar-refractivity contribution in [2.24, 2.45) is 0 Å². The molecule has 7 nitrogen and oxygen atoms in total. The van der Waals surface area contributed by atoms with E-state index in [-0.39, 0.29) is 30.8 Å². The molecule has 0 spiro atoms. The van der Waals surface area contributed by atoms with Gasteiger partial charge in [0.15, 0.2) is 0 Å². The normalized spacial score (nSPS) is 10.4. The van der Waals surface area contributed by atoms with E-state index in [2.05, 4.69) is 5.32 Å². The topological polar surface area (TPSA) is 104 Å². The third-order valence-corrected chi connectivity index (χ3v) is 4.45. The lowest BCUT2D eigenvalue weighted by molar-refractivity contribution is 0.0946. The smallest absolute Gasteiger partial charge is 0.267 e. The van der Waals surface area contributed by atoms with E-state index in [1.54, 1.807) is 36.4 Å². The van der Waals surface area contributed by atoms with Gasteiger partial charge in [-0.15, -0.1) is 0 Å². The largest absolute Gasteiger partial charge is 0.506 e. The molecule has 0 fully saturated rings. The molecule has 0 aliphatic rings. The number of methoxy groups -OCH3 is 1. The van der Waals surface area contributed by atoms with Gasteiger partial charge in [-0.1, -0.05) is 30.3 Å². The number of carbonyl (C=O) groups excluding carboxylic acids is 1. The van der Waals surface area contributed by atoms with Crippen LogP contribution in [0, 0.1) is 11.3 Å². The van der Waals surface area contributed by atoms with Gasteiger partial charge in [0.2, 0.25) is 0 Å². The van der Waals surface area contributed by atoms with Crippen molar-refractivity contribution in [1.29, 1.82) is 5.26 Å². The zero-order chi connectivity index (χ0) is 20.1. The molecule has 0 radical (unpaired) electrons. The second kappa shape index (κ2) is 8.27. The number of ether oxygens (including phenoxy) is 1. The lowest BCUT2D eigenvalue weighted by atomic mass is 10.1. The molecular formula is C21H19N3O4. The zero-order valence-electron chi connectivity index (χ0n) is 15.3. The molecule has 3 aromatic rings. The molecule has 0 saturated carbocycles.